The molecule has 0 spiro atoms. The molecular formula is C13H15Cl. The van der Waals surface area contributed by atoms with Crippen LogP contribution in [-0.2, 0) is 0 Å². The molecule has 0 heterocycles. The van der Waals surface area contributed by atoms with Crippen LogP contribution < -0.4 is 0 Å². The summed E-state index contributed by atoms with van der Waals surface area (Å²) in [7, 11) is 0. The molecule has 1 heteroatoms. The van der Waals surface area contributed by atoms with Crippen molar-refractivity contribution in [2.24, 2.45) is 5.41 Å². The Bertz CT molecular complexity index is 335. The molecule has 1 rings (SSSR count). The smallest absolute Gasteiger partial charge is 0.0994 e. The van der Waals surface area contributed by atoms with E-state index in [0.29, 0.717) is 0 Å². The van der Waals surface area contributed by atoms with E-state index < -0.39 is 0 Å². The van der Waals surface area contributed by atoms with Crippen molar-refractivity contribution >= 4 is 11.6 Å². The Labute approximate surface area is 91.3 Å². The molecule has 74 valence electrons. The average molecular weight is 207 g/mol. The van der Waals surface area contributed by atoms with Gasteiger partial charge in [0.25, 0.3) is 0 Å². The normalized spacial score (nSPS) is 12.9. The minimum absolute atomic E-state index is 0.0311. The topological polar surface area (TPSA) is 0 Å². The summed E-state index contributed by atoms with van der Waals surface area (Å²) in [6.07, 6.45) is 0. The minimum atomic E-state index is -0.109. The zero-order chi connectivity index (χ0) is 10.6. The molecule has 0 amide bonds. The molecule has 14 heavy (non-hydrogen) atoms. The summed E-state index contributed by atoms with van der Waals surface area (Å²) in [6, 6.07) is 9.90. The van der Waals surface area contributed by atoms with Gasteiger partial charge in [0.1, 0.15) is 0 Å². The van der Waals surface area contributed by atoms with Gasteiger partial charge in [0.15, 0.2) is 0 Å². The Morgan fingerprint density at radius 1 is 1.14 bits per heavy atom. The largest absolute Gasteiger partial charge is 0.108 e. The Morgan fingerprint density at radius 2 is 1.71 bits per heavy atom. The second-order valence-corrected chi connectivity index (χ2v) is 4.80. The van der Waals surface area contributed by atoms with Crippen LogP contribution in [0, 0.1) is 17.3 Å². The lowest BCUT2D eigenvalue weighted by Crippen LogP contribution is -2.18. The van der Waals surface area contributed by atoms with Gasteiger partial charge in [-0.3, -0.25) is 0 Å². The van der Waals surface area contributed by atoms with Crippen LogP contribution in [0.15, 0.2) is 30.3 Å². The van der Waals surface area contributed by atoms with Gasteiger partial charge >= 0.3 is 0 Å². The first kappa shape index (κ1) is 11.1. The van der Waals surface area contributed by atoms with Crippen LogP contribution in [0.2, 0.25) is 0 Å². The van der Waals surface area contributed by atoms with Gasteiger partial charge in [-0.05, 0) is 17.5 Å². The Morgan fingerprint density at radius 3 is 2.21 bits per heavy atom. The molecule has 1 aromatic rings. The molecule has 0 saturated heterocycles. The Hall–Kier alpha value is -0.930. The number of hydrogen-bond donors (Lipinski definition) is 0. The molecule has 0 aliphatic carbocycles. The lowest BCUT2D eigenvalue weighted by molar-refractivity contribution is 0.434. The Kier molecular flexibility index (Phi) is 3.61. The molecule has 0 aliphatic heterocycles. The maximum Gasteiger partial charge on any atom is 0.0994 e. The van der Waals surface area contributed by atoms with E-state index >= 15 is 0 Å². The lowest BCUT2D eigenvalue weighted by atomic mass is 9.92. The first-order chi connectivity index (χ1) is 6.50. The molecule has 0 unspecified atom stereocenters. The molecule has 0 radical (unpaired) electrons. The summed E-state index contributed by atoms with van der Waals surface area (Å²) in [4.78, 5) is 0. The minimum Gasteiger partial charge on any atom is -0.108 e. The van der Waals surface area contributed by atoms with Crippen molar-refractivity contribution in [1.29, 1.82) is 0 Å². The molecule has 0 nitrogen and oxygen atoms in total. The predicted octanol–water partition coefficient (Wildman–Crippen LogP) is 3.69. The van der Waals surface area contributed by atoms with E-state index in [2.05, 4.69) is 32.6 Å². The summed E-state index contributed by atoms with van der Waals surface area (Å²) in [5.41, 5.74) is 1.05. The van der Waals surface area contributed by atoms with Gasteiger partial charge in [0, 0.05) is 5.56 Å². The fraction of sp³-hybridized carbons (Fsp3) is 0.385. The number of halogens is 1. The van der Waals surface area contributed by atoms with Crippen LogP contribution in [-0.4, -0.2) is 5.38 Å². The van der Waals surface area contributed by atoms with Crippen LogP contribution in [0.4, 0.5) is 0 Å². The highest BCUT2D eigenvalue weighted by Crippen LogP contribution is 2.23. The molecular weight excluding hydrogens is 192 g/mol. The van der Waals surface area contributed by atoms with E-state index in [1.807, 2.05) is 30.3 Å². The van der Waals surface area contributed by atoms with Crippen LogP contribution in [0.3, 0.4) is 0 Å². The van der Waals surface area contributed by atoms with Crippen molar-refractivity contribution in [2.45, 2.75) is 26.1 Å². The predicted molar refractivity (Wildman–Crippen MR) is 62.4 cm³/mol. The van der Waals surface area contributed by atoms with Gasteiger partial charge in [-0.25, -0.2) is 0 Å². The molecule has 0 aromatic heterocycles. The lowest BCUT2D eigenvalue weighted by Gasteiger charge is -2.19. The molecule has 0 saturated carbocycles. The summed E-state index contributed by atoms with van der Waals surface area (Å²) in [5.74, 6) is 6.12. The number of hydrogen-bond acceptors (Lipinski definition) is 0. The third kappa shape index (κ3) is 3.44. The first-order valence-electron chi connectivity index (χ1n) is 4.71. The zero-order valence-corrected chi connectivity index (χ0v) is 9.60. The standard InChI is InChI=1S/C13H15Cl/c1-13(2,3)12(14)10-9-11-7-5-4-6-8-11/h4-8,12H,1-3H3/t12-/m0/s1. The quantitative estimate of drug-likeness (QED) is 0.449. The van der Waals surface area contributed by atoms with E-state index in [4.69, 9.17) is 11.6 Å². The first-order valence-corrected chi connectivity index (χ1v) is 5.14. The SMILES string of the molecule is CC(C)(C)[C@@H](Cl)C#Cc1ccccc1. The van der Waals surface area contributed by atoms with E-state index in [9.17, 15) is 0 Å². The second kappa shape index (κ2) is 4.53. The summed E-state index contributed by atoms with van der Waals surface area (Å²) < 4.78 is 0. The van der Waals surface area contributed by atoms with Crippen LogP contribution >= 0.6 is 11.6 Å². The monoisotopic (exact) mass is 206 g/mol. The number of benzene rings is 1. The van der Waals surface area contributed by atoms with Crippen molar-refractivity contribution in [3.8, 4) is 11.8 Å². The molecule has 1 aromatic carbocycles. The molecule has 1 atom stereocenters. The van der Waals surface area contributed by atoms with Crippen molar-refractivity contribution in [3.05, 3.63) is 35.9 Å². The van der Waals surface area contributed by atoms with E-state index in [0.717, 1.165) is 5.56 Å². The van der Waals surface area contributed by atoms with E-state index in [1.165, 1.54) is 0 Å². The summed E-state index contributed by atoms with van der Waals surface area (Å²) in [6.45, 7) is 6.26. The van der Waals surface area contributed by atoms with Gasteiger partial charge in [0.05, 0.1) is 5.38 Å². The van der Waals surface area contributed by atoms with Crippen molar-refractivity contribution in [1.82, 2.24) is 0 Å². The highest BCUT2D eigenvalue weighted by molar-refractivity contribution is 6.23. The highest BCUT2D eigenvalue weighted by atomic mass is 35.5. The molecule has 0 aliphatic rings. The maximum atomic E-state index is 6.13. The zero-order valence-electron chi connectivity index (χ0n) is 8.84. The van der Waals surface area contributed by atoms with Crippen molar-refractivity contribution in [3.63, 3.8) is 0 Å². The average Bonchev–Trinajstić information content (AvgIpc) is 2.14. The van der Waals surface area contributed by atoms with Crippen molar-refractivity contribution in [2.75, 3.05) is 0 Å². The van der Waals surface area contributed by atoms with Gasteiger partial charge in [0.2, 0.25) is 0 Å². The second-order valence-electron chi connectivity index (χ2n) is 4.36. The maximum absolute atomic E-state index is 6.13. The fourth-order valence-corrected chi connectivity index (χ4v) is 0.939. The highest BCUT2D eigenvalue weighted by Gasteiger charge is 2.19. The Balaban J connectivity index is 2.74. The van der Waals surface area contributed by atoms with Crippen LogP contribution in [0.5, 0.6) is 0 Å². The van der Waals surface area contributed by atoms with E-state index in [1.54, 1.807) is 0 Å². The van der Waals surface area contributed by atoms with E-state index in [-0.39, 0.29) is 10.8 Å². The van der Waals surface area contributed by atoms with Gasteiger partial charge < -0.3 is 0 Å². The molecule has 0 fully saturated rings. The molecule has 0 bridgehead atoms. The third-order valence-corrected chi connectivity index (χ3v) is 2.64. The summed E-state index contributed by atoms with van der Waals surface area (Å²) in [5, 5.41) is -0.109. The fourth-order valence-electron chi connectivity index (χ4n) is 0.885. The van der Waals surface area contributed by atoms with Gasteiger partial charge in [-0.1, -0.05) is 50.8 Å². The van der Waals surface area contributed by atoms with Crippen LogP contribution in [0.25, 0.3) is 0 Å². The van der Waals surface area contributed by atoms with Gasteiger partial charge in [-0.2, -0.15) is 0 Å². The van der Waals surface area contributed by atoms with Crippen molar-refractivity contribution < 1.29 is 0 Å². The summed E-state index contributed by atoms with van der Waals surface area (Å²) >= 11 is 6.13. The number of rotatable bonds is 0. The third-order valence-electron chi connectivity index (χ3n) is 1.88. The van der Waals surface area contributed by atoms with Crippen LogP contribution in [0.1, 0.15) is 26.3 Å². The number of alkyl halides is 1. The van der Waals surface area contributed by atoms with Gasteiger partial charge in [-0.15, -0.1) is 11.6 Å². The molecule has 0 N–H and O–H groups in total.